The van der Waals surface area contributed by atoms with E-state index in [9.17, 15) is 4.39 Å². The van der Waals surface area contributed by atoms with Crippen LogP contribution in [0.15, 0.2) is 18.2 Å². The number of hydrogen-bond donors (Lipinski definition) is 0. The van der Waals surface area contributed by atoms with Crippen LogP contribution >= 0.6 is 0 Å². The van der Waals surface area contributed by atoms with E-state index in [1.807, 2.05) is 19.1 Å². The van der Waals surface area contributed by atoms with Gasteiger partial charge in [0.15, 0.2) is 0 Å². The maximum absolute atomic E-state index is 14.1. The molecule has 1 atom stereocenters. The summed E-state index contributed by atoms with van der Waals surface area (Å²) in [5.74, 6) is -0.0452. The monoisotopic (exact) mass is 332 g/mol. The second-order valence-corrected chi connectivity index (χ2v) is 7.78. The molecule has 0 aliphatic carbocycles. The minimum absolute atomic E-state index is 0.0452. The van der Waals surface area contributed by atoms with E-state index in [2.05, 4.69) is 16.7 Å². The van der Waals surface area contributed by atoms with Gasteiger partial charge in [-0.2, -0.15) is 0 Å². The molecule has 2 fully saturated rings. The Bertz CT molecular complexity index is 521. The number of piperidine rings is 2. The van der Waals surface area contributed by atoms with Crippen LogP contribution in [0.5, 0.6) is 0 Å². The number of nitrogens with zero attached hydrogens (tertiary/aromatic N) is 2. The molecule has 2 aliphatic heterocycles. The molecule has 1 aromatic rings. The first-order valence-corrected chi connectivity index (χ1v) is 9.90. The molecule has 0 amide bonds. The maximum atomic E-state index is 14.1. The molecular formula is C21H33FN2. The zero-order chi connectivity index (χ0) is 16.9. The average molecular weight is 333 g/mol. The molecule has 2 heterocycles. The van der Waals surface area contributed by atoms with Gasteiger partial charge in [-0.3, -0.25) is 9.80 Å². The smallest absolute Gasteiger partial charge is 0.127 e. The first kappa shape index (κ1) is 17.9. The second-order valence-electron chi connectivity index (χ2n) is 7.78. The molecule has 0 saturated carbocycles. The lowest BCUT2D eigenvalue weighted by molar-refractivity contribution is 0.0445. The fourth-order valence-electron chi connectivity index (χ4n) is 4.58. The van der Waals surface area contributed by atoms with Gasteiger partial charge in [-0.15, -0.1) is 0 Å². The lowest BCUT2D eigenvalue weighted by Gasteiger charge is -2.45. The van der Waals surface area contributed by atoms with Gasteiger partial charge < -0.3 is 0 Å². The summed E-state index contributed by atoms with van der Waals surface area (Å²) in [6, 6.07) is 7.20. The van der Waals surface area contributed by atoms with Gasteiger partial charge in [-0.05, 0) is 70.3 Å². The van der Waals surface area contributed by atoms with E-state index >= 15 is 0 Å². The normalized spacial score (nSPS) is 24.4. The van der Waals surface area contributed by atoms with E-state index in [-0.39, 0.29) is 5.82 Å². The number of benzene rings is 1. The molecule has 1 aromatic carbocycles. The van der Waals surface area contributed by atoms with E-state index in [0.717, 1.165) is 42.8 Å². The van der Waals surface area contributed by atoms with Crippen molar-refractivity contribution in [1.82, 2.24) is 9.80 Å². The molecule has 0 radical (unpaired) electrons. The number of rotatable bonds is 5. The van der Waals surface area contributed by atoms with Gasteiger partial charge >= 0.3 is 0 Å². The lowest BCUT2D eigenvalue weighted by atomic mass is 9.92. The summed E-state index contributed by atoms with van der Waals surface area (Å²) in [6.07, 6.45) is 9.31. The highest BCUT2D eigenvalue weighted by Gasteiger charge is 2.30. The number of aryl methyl sites for hydroxylation is 1. The molecule has 0 N–H and O–H groups in total. The fourth-order valence-corrected chi connectivity index (χ4v) is 4.58. The van der Waals surface area contributed by atoms with Gasteiger partial charge in [0.1, 0.15) is 5.82 Å². The Labute approximate surface area is 147 Å². The summed E-state index contributed by atoms with van der Waals surface area (Å²) in [5.41, 5.74) is 1.85. The Hall–Kier alpha value is -0.930. The van der Waals surface area contributed by atoms with Crippen molar-refractivity contribution in [3.8, 4) is 0 Å². The zero-order valence-electron chi connectivity index (χ0n) is 15.4. The summed E-state index contributed by atoms with van der Waals surface area (Å²) in [5, 5.41) is 0. The third-order valence-corrected chi connectivity index (χ3v) is 5.92. The van der Waals surface area contributed by atoms with Gasteiger partial charge in [0.2, 0.25) is 0 Å². The van der Waals surface area contributed by atoms with Gasteiger partial charge in [0.25, 0.3) is 0 Å². The van der Waals surface area contributed by atoms with Gasteiger partial charge in [0.05, 0.1) is 0 Å². The Morgan fingerprint density at radius 3 is 2.58 bits per heavy atom. The van der Waals surface area contributed by atoms with E-state index < -0.39 is 0 Å². The predicted molar refractivity (Wildman–Crippen MR) is 98.7 cm³/mol. The minimum Gasteiger partial charge on any atom is -0.299 e. The van der Waals surface area contributed by atoms with E-state index in [1.165, 1.54) is 51.5 Å². The van der Waals surface area contributed by atoms with Crippen LogP contribution in [-0.2, 0) is 6.54 Å². The van der Waals surface area contributed by atoms with Crippen molar-refractivity contribution in [3.05, 3.63) is 35.1 Å². The standard InChI is InChI=1S/C21H33FN2/c1-3-6-19-7-4-5-12-24(19)20-10-13-23(14-11-20)16-18-9-8-17(2)15-21(18)22/h8-9,15,19-20H,3-7,10-14,16H2,1-2H3. The number of halogens is 1. The summed E-state index contributed by atoms with van der Waals surface area (Å²) in [4.78, 5) is 5.25. The topological polar surface area (TPSA) is 6.48 Å². The molecule has 3 heteroatoms. The second kappa shape index (κ2) is 8.44. The quantitative estimate of drug-likeness (QED) is 0.767. The highest BCUT2D eigenvalue weighted by molar-refractivity contribution is 5.23. The van der Waals surface area contributed by atoms with Crippen molar-refractivity contribution in [2.45, 2.75) is 77.4 Å². The van der Waals surface area contributed by atoms with Crippen molar-refractivity contribution in [1.29, 1.82) is 0 Å². The Morgan fingerprint density at radius 2 is 1.88 bits per heavy atom. The lowest BCUT2D eigenvalue weighted by Crippen LogP contribution is -2.50. The van der Waals surface area contributed by atoms with Crippen LogP contribution in [0.1, 0.15) is 63.0 Å². The van der Waals surface area contributed by atoms with Crippen molar-refractivity contribution < 1.29 is 4.39 Å². The largest absolute Gasteiger partial charge is 0.299 e. The first-order chi connectivity index (χ1) is 11.7. The van der Waals surface area contributed by atoms with Crippen LogP contribution in [-0.4, -0.2) is 41.5 Å². The zero-order valence-corrected chi connectivity index (χ0v) is 15.4. The third kappa shape index (κ3) is 4.37. The van der Waals surface area contributed by atoms with Crippen LogP contribution in [0.4, 0.5) is 4.39 Å². The van der Waals surface area contributed by atoms with Crippen LogP contribution in [0.3, 0.4) is 0 Å². The molecule has 3 rings (SSSR count). The SMILES string of the molecule is CCCC1CCCCN1C1CCN(Cc2ccc(C)cc2F)CC1. The molecule has 1 unspecified atom stereocenters. The summed E-state index contributed by atoms with van der Waals surface area (Å²) >= 11 is 0. The van der Waals surface area contributed by atoms with Crippen LogP contribution < -0.4 is 0 Å². The third-order valence-electron chi connectivity index (χ3n) is 5.92. The van der Waals surface area contributed by atoms with Crippen molar-refractivity contribution in [2.75, 3.05) is 19.6 Å². The molecule has 0 spiro atoms. The number of hydrogen-bond acceptors (Lipinski definition) is 2. The molecule has 2 aliphatic rings. The molecule has 2 nitrogen and oxygen atoms in total. The summed E-state index contributed by atoms with van der Waals surface area (Å²) in [7, 11) is 0. The molecule has 0 bridgehead atoms. The Morgan fingerprint density at radius 1 is 1.08 bits per heavy atom. The molecular weight excluding hydrogens is 299 g/mol. The summed E-state index contributed by atoms with van der Waals surface area (Å²) < 4.78 is 14.1. The van der Waals surface area contributed by atoms with Crippen LogP contribution in [0, 0.1) is 12.7 Å². The van der Waals surface area contributed by atoms with Crippen molar-refractivity contribution >= 4 is 0 Å². The van der Waals surface area contributed by atoms with E-state index in [4.69, 9.17) is 0 Å². The van der Waals surface area contributed by atoms with Crippen molar-refractivity contribution in [3.63, 3.8) is 0 Å². The van der Waals surface area contributed by atoms with Gasteiger partial charge in [-0.1, -0.05) is 31.9 Å². The maximum Gasteiger partial charge on any atom is 0.127 e. The predicted octanol–water partition coefficient (Wildman–Crippen LogP) is 4.75. The highest BCUT2D eigenvalue weighted by atomic mass is 19.1. The van der Waals surface area contributed by atoms with E-state index in [1.54, 1.807) is 6.07 Å². The molecule has 24 heavy (non-hydrogen) atoms. The molecule has 2 saturated heterocycles. The molecule has 134 valence electrons. The van der Waals surface area contributed by atoms with Gasteiger partial charge in [-0.25, -0.2) is 4.39 Å². The molecule has 0 aromatic heterocycles. The summed E-state index contributed by atoms with van der Waals surface area (Å²) in [6.45, 7) is 8.52. The Balaban J connectivity index is 1.53. The Kier molecular flexibility index (Phi) is 6.29. The first-order valence-electron chi connectivity index (χ1n) is 9.90. The minimum atomic E-state index is -0.0452. The fraction of sp³-hybridized carbons (Fsp3) is 0.714. The van der Waals surface area contributed by atoms with E-state index in [0.29, 0.717) is 0 Å². The number of likely N-dealkylation sites (tertiary alicyclic amines) is 2. The van der Waals surface area contributed by atoms with Crippen LogP contribution in [0.2, 0.25) is 0 Å². The highest BCUT2D eigenvalue weighted by Crippen LogP contribution is 2.28. The van der Waals surface area contributed by atoms with Crippen LogP contribution in [0.25, 0.3) is 0 Å². The van der Waals surface area contributed by atoms with Crippen molar-refractivity contribution in [2.24, 2.45) is 0 Å². The average Bonchev–Trinajstić information content (AvgIpc) is 2.59. The van der Waals surface area contributed by atoms with Gasteiger partial charge in [0, 0.05) is 24.2 Å².